The third-order valence-electron chi connectivity index (χ3n) is 7.19. The van der Waals surface area contributed by atoms with E-state index in [0.29, 0.717) is 6.42 Å². The number of phosphoric acid groups is 1. The smallest absolute Gasteiger partial charge is 0.458 e. The summed E-state index contributed by atoms with van der Waals surface area (Å²) >= 11 is 0. The molecule has 0 aromatic rings. The summed E-state index contributed by atoms with van der Waals surface area (Å²) in [5, 5.41) is 0. The van der Waals surface area contributed by atoms with Gasteiger partial charge in [-0.3, -0.25) is 13.8 Å². The lowest BCUT2D eigenvalue weighted by molar-refractivity contribution is -0.159. The number of carbonyl (C=O) groups is 2. The topological polar surface area (TPSA) is 134 Å². The van der Waals surface area contributed by atoms with Gasteiger partial charge in [0.1, 0.15) is 6.61 Å². The second kappa shape index (κ2) is 31.5. The van der Waals surface area contributed by atoms with E-state index in [2.05, 4.69) is 13.8 Å². The lowest BCUT2D eigenvalue weighted by Crippen LogP contribution is -2.29. The number of allylic oxidation sites excluding steroid dienone is 3. The molecular weight excluding hydrogens is 581 g/mol. The number of unbranched alkanes of at least 4 members (excludes halogenated alkanes) is 18. The van der Waals surface area contributed by atoms with Crippen LogP contribution in [0.4, 0.5) is 0 Å². The number of phosphoric ester groups is 1. The van der Waals surface area contributed by atoms with Crippen molar-refractivity contribution in [2.24, 2.45) is 5.73 Å². The van der Waals surface area contributed by atoms with Gasteiger partial charge in [-0.25, -0.2) is 9.36 Å². The first-order valence-corrected chi connectivity index (χ1v) is 18.9. The van der Waals surface area contributed by atoms with Crippen LogP contribution in [-0.2, 0) is 32.7 Å². The van der Waals surface area contributed by atoms with Crippen molar-refractivity contribution in [2.75, 3.05) is 26.4 Å². The summed E-state index contributed by atoms with van der Waals surface area (Å²) in [7, 11) is -4.38. The third kappa shape index (κ3) is 30.5. The van der Waals surface area contributed by atoms with Gasteiger partial charge in [-0.2, -0.15) is 0 Å². The van der Waals surface area contributed by atoms with E-state index in [9.17, 15) is 19.0 Å². The van der Waals surface area contributed by atoms with E-state index in [1.54, 1.807) is 6.08 Å². The minimum absolute atomic E-state index is 0.0443. The van der Waals surface area contributed by atoms with E-state index >= 15 is 0 Å². The SMILES string of the molecule is CCCCCCCCCCCCC/C=C/C=C/C(=O)OC[C@@H](COP(=O)(O)OCCN)OC(=O)CCCCCCCCCC. The van der Waals surface area contributed by atoms with Gasteiger partial charge in [-0.1, -0.05) is 141 Å². The third-order valence-corrected chi connectivity index (χ3v) is 8.18. The van der Waals surface area contributed by atoms with Gasteiger partial charge in [-0.15, -0.1) is 0 Å². The van der Waals surface area contributed by atoms with Crippen molar-refractivity contribution in [3.8, 4) is 0 Å². The zero-order valence-corrected chi connectivity index (χ0v) is 28.8. The molecular formula is C34H64NO8P. The van der Waals surface area contributed by atoms with Gasteiger partial charge in [0.15, 0.2) is 6.10 Å². The lowest BCUT2D eigenvalue weighted by Gasteiger charge is -2.19. The summed E-state index contributed by atoms with van der Waals surface area (Å²) in [5.41, 5.74) is 5.30. The highest BCUT2D eigenvalue weighted by atomic mass is 31.2. The molecule has 0 aliphatic carbocycles. The van der Waals surface area contributed by atoms with Crippen LogP contribution in [0.5, 0.6) is 0 Å². The van der Waals surface area contributed by atoms with Gasteiger partial charge in [0.25, 0.3) is 0 Å². The number of esters is 2. The monoisotopic (exact) mass is 645 g/mol. The average molecular weight is 646 g/mol. The molecule has 0 fully saturated rings. The molecule has 1 unspecified atom stereocenters. The van der Waals surface area contributed by atoms with E-state index in [1.165, 1.54) is 96.0 Å². The summed E-state index contributed by atoms with van der Waals surface area (Å²) in [6, 6.07) is 0. The predicted octanol–water partition coefficient (Wildman–Crippen LogP) is 8.88. The Morgan fingerprint density at radius 2 is 1.25 bits per heavy atom. The number of ether oxygens (including phenoxy) is 2. The van der Waals surface area contributed by atoms with Crippen LogP contribution in [0.1, 0.15) is 149 Å². The van der Waals surface area contributed by atoms with Crippen LogP contribution in [0.2, 0.25) is 0 Å². The van der Waals surface area contributed by atoms with Crippen molar-refractivity contribution >= 4 is 19.8 Å². The summed E-state index contributed by atoms with van der Waals surface area (Å²) < 4.78 is 32.3. The van der Waals surface area contributed by atoms with Crippen LogP contribution in [0, 0.1) is 0 Å². The van der Waals surface area contributed by atoms with Crippen LogP contribution in [0.25, 0.3) is 0 Å². The van der Waals surface area contributed by atoms with Crippen LogP contribution < -0.4 is 5.73 Å². The van der Waals surface area contributed by atoms with Gasteiger partial charge < -0.3 is 20.1 Å². The van der Waals surface area contributed by atoms with Crippen LogP contribution in [-0.4, -0.2) is 49.3 Å². The zero-order chi connectivity index (χ0) is 32.6. The zero-order valence-electron chi connectivity index (χ0n) is 27.9. The molecule has 0 aromatic carbocycles. The molecule has 2 atom stereocenters. The van der Waals surface area contributed by atoms with E-state index in [0.717, 1.165) is 32.1 Å². The Labute approximate surface area is 268 Å². The molecule has 44 heavy (non-hydrogen) atoms. The molecule has 0 heterocycles. The van der Waals surface area contributed by atoms with Crippen LogP contribution in [0.3, 0.4) is 0 Å². The number of hydrogen-bond acceptors (Lipinski definition) is 8. The van der Waals surface area contributed by atoms with Gasteiger partial charge >= 0.3 is 19.8 Å². The largest absolute Gasteiger partial charge is 0.472 e. The fraction of sp³-hybridized carbons (Fsp3) is 0.824. The molecule has 9 nitrogen and oxygen atoms in total. The lowest BCUT2D eigenvalue weighted by atomic mass is 10.1. The summed E-state index contributed by atoms with van der Waals surface area (Å²) in [5.74, 6) is -1.09. The Bertz CT molecular complexity index is 789. The van der Waals surface area contributed by atoms with E-state index in [-0.39, 0.29) is 26.2 Å². The Balaban J connectivity index is 4.34. The fourth-order valence-electron chi connectivity index (χ4n) is 4.61. The quantitative estimate of drug-likeness (QED) is 0.0242. The minimum atomic E-state index is -4.38. The maximum absolute atomic E-state index is 12.4. The second-order valence-corrected chi connectivity index (χ2v) is 12.9. The molecule has 0 spiro atoms. The molecule has 0 amide bonds. The molecule has 0 saturated heterocycles. The molecule has 0 aliphatic rings. The molecule has 0 rings (SSSR count). The van der Waals surface area contributed by atoms with E-state index in [1.807, 2.05) is 12.2 Å². The summed E-state index contributed by atoms with van der Waals surface area (Å²) in [4.78, 5) is 34.3. The van der Waals surface area contributed by atoms with E-state index in [4.69, 9.17) is 24.3 Å². The van der Waals surface area contributed by atoms with Crippen molar-refractivity contribution in [3.63, 3.8) is 0 Å². The normalized spacial score (nSPS) is 13.8. The van der Waals surface area contributed by atoms with E-state index < -0.39 is 32.5 Å². The number of rotatable bonds is 32. The molecule has 258 valence electrons. The summed E-state index contributed by atoms with van der Waals surface area (Å²) in [6.45, 7) is 3.54. The van der Waals surface area contributed by atoms with Crippen LogP contribution >= 0.6 is 7.82 Å². The Morgan fingerprint density at radius 1 is 0.727 bits per heavy atom. The maximum atomic E-state index is 12.4. The first-order valence-electron chi connectivity index (χ1n) is 17.4. The average Bonchev–Trinajstić information content (AvgIpc) is 3.00. The van der Waals surface area contributed by atoms with Crippen molar-refractivity contribution in [1.29, 1.82) is 0 Å². The predicted molar refractivity (Wildman–Crippen MR) is 178 cm³/mol. The van der Waals surface area contributed by atoms with Crippen molar-refractivity contribution in [1.82, 2.24) is 0 Å². The van der Waals surface area contributed by atoms with Gasteiger partial charge in [0, 0.05) is 19.0 Å². The number of hydrogen-bond donors (Lipinski definition) is 2. The highest BCUT2D eigenvalue weighted by Gasteiger charge is 2.25. The number of nitrogens with two attached hydrogens (primary N) is 1. The van der Waals surface area contributed by atoms with Crippen molar-refractivity contribution in [2.45, 2.75) is 155 Å². The molecule has 0 saturated carbocycles. The molecule has 0 aliphatic heterocycles. The van der Waals surface area contributed by atoms with Crippen molar-refractivity contribution in [3.05, 3.63) is 24.3 Å². The maximum Gasteiger partial charge on any atom is 0.472 e. The molecule has 0 aromatic heterocycles. The standard InChI is InChI=1S/C34H64NO8P/c1-3-5-7-9-11-13-14-15-16-17-18-19-21-22-24-26-33(36)40-30-32(31-42-44(38,39)41-29-28-35)43-34(37)27-25-23-20-12-10-8-6-4-2/h21-22,24,26,32H,3-20,23,25,27-31,35H2,1-2H3,(H,38,39)/b22-21+,26-24+/t32-/m0/s1. The second-order valence-electron chi connectivity index (χ2n) is 11.5. The molecule has 10 heteroatoms. The molecule has 3 N–H and O–H groups in total. The van der Waals surface area contributed by atoms with Gasteiger partial charge in [-0.05, 0) is 19.3 Å². The molecule has 0 bridgehead atoms. The van der Waals surface area contributed by atoms with Gasteiger partial charge in [0.2, 0.25) is 0 Å². The Morgan fingerprint density at radius 3 is 1.80 bits per heavy atom. The first-order chi connectivity index (χ1) is 21.3. The fourth-order valence-corrected chi connectivity index (χ4v) is 5.37. The summed E-state index contributed by atoms with van der Waals surface area (Å²) in [6.07, 6.45) is 30.0. The van der Waals surface area contributed by atoms with Crippen molar-refractivity contribution < 1.29 is 37.6 Å². The minimum Gasteiger partial charge on any atom is -0.458 e. The van der Waals surface area contributed by atoms with Gasteiger partial charge in [0.05, 0.1) is 13.2 Å². The highest BCUT2D eigenvalue weighted by molar-refractivity contribution is 7.47. The first kappa shape index (κ1) is 42.5. The number of carbonyl (C=O) groups excluding carboxylic acids is 2. The van der Waals surface area contributed by atoms with Crippen LogP contribution in [0.15, 0.2) is 24.3 Å². The Kier molecular flexibility index (Phi) is 30.4. The highest BCUT2D eigenvalue weighted by Crippen LogP contribution is 2.43. The molecule has 0 radical (unpaired) electrons. The Hall–Kier alpha value is -1.51.